The Labute approximate surface area is 74.7 Å². The van der Waals surface area contributed by atoms with Crippen LogP contribution in [0.5, 0.6) is 5.75 Å². The Balaban J connectivity index is 3.14. The van der Waals surface area contributed by atoms with E-state index < -0.39 is 11.6 Å². The van der Waals surface area contributed by atoms with Crippen molar-refractivity contribution in [2.24, 2.45) is 0 Å². The molecule has 0 heterocycles. The number of halogens is 2. The highest BCUT2D eigenvalue weighted by molar-refractivity contribution is 5.77. The lowest BCUT2D eigenvalue weighted by Crippen LogP contribution is -1.99. The lowest BCUT2D eigenvalue weighted by atomic mass is 10.2. The van der Waals surface area contributed by atoms with Crippen molar-refractivity contribution in [2.45, 2.75) is 6.92 Å². The van der Waals surface area contributed by atoms with Crippen LogP contribution in [0.2, 0.25) is 0 Å². The first-order valence-electron chi connectivity index (χ1n) is 3.82. The van der Waals surface area contributed by atoms with Crippen molar-refractivity contribution < 1.29 is 13.5 Å². The van der Waals surface area contributed by atoms with Crippen LogP contribution >= 0.6 is 0 Å². The van der Waals surface area contributed by atoms with E-state index in [-0.39, 0.29) is 17.9 Å². The fourth-order valence-corrected chi connectivity index (χ4v) is 0.925. The third-order valence-corrected chi connectivity index (χ3v) is 1.53. The maximum Gasteiger partial charge on any atom is 0.201 e. The Morgan fingerprint density at radius 2 is 2.08 bits per heavy atom. The topological polar surface area (TPSA) is 33.1 Å². The molecule has 70 valence electrons. The largest absolute Gasteiger partial charge is 0.491 e. The molecule has 0 amide bonds. The third-order valence-electron chi connectivity index (χ3n) is 1.53. The number of hydrogen-bond acceptors (Lipinski definition) is 2. The normalized spacial score (nSPS) is 9.77. The molecule has 0 bridgehead atoms. The van der Waals surface area contributed by atoms with Gasteiger partial charge in [-0.2, -0.15) is 4.39 Å². The van der Waals surface area contributed by atoms with Crippen LogP contribution in [0.3, 0.4) is 0 Å². The highest BCUT2D eigenvalue weighted by atomic mass is 19.2. The van der Waals surface area contributed by atoms with Gasteiger partial charge in [0.05, 0.1) is 6.61 Å². The lowest BCUT2D eigenvalue weighted by molar-refractivity contribution is 0.314. The molecule has 0 saturated carbocycles. The first kappa shape index (κ1) is 9.64. The van der Waals surface area contributed by atoms with E-state index in [1.54, 1.807) is 6.92 Å². The maximum absolute atomic E-state index is 13.0. The molecule has 13 heavy (non-hydrogen) atoms. The Morgan fingerprint density at radius 3 is 2.62 bits per heavy atom. The van der Waals surface area contributed by atoms with Gasteiger partial charge in [-0.3, -0.25) is 0 Å². The van der Waals surface area contributed by atoms with Crippen molar-refractivity contribution in [1.82, 2.24) is 0 Å². The van der Waals surface area contributed by atoms with Crippen LogP contribution in [0.1, 0.15) is 12.5 Å². The lowest BCUT2D eigenvalue weighted by Gasteiger charge is -2.05. The quantitative estimate of drug-likeness (QED) is 0.720. The summed E-state index contributed by atoms with van der Waals surface area (Å²) >= 11 is 0. The monoisotopic (exact) mass is 185 g/mol. The number of benzene rings is 1. The second kappa shape index (κ2) is 3.98. The number of rotatable bonds is 3. The van der Waals surface area contributed by atoms with Crippen molar-refractivity contribution in [1.29, 1.82) is 5.41 Å². The SMILES string of the molecule is CCOc1ccc(C=N)c(F)c1F. The van der Waals surface area contributed by atoms with Crippen molar-refractivity contribution in [3.63, 3.8) is 0 Å². The van der Waals surface area contributed by atoms with E-state index in [0.717, 1.165) is 6.21 Å². The van der Waals surface area contributed by atoms with Gasteiger partial charge in [-0.1, -0.05) is 0 Å². The first-order chi connectivity index (χ1) is 6.20. The molecule has 1 aromatic carbocycles. The van der Waals surface area contributed by atoms with Gasteiger partial charge in [-0.15, -0.1) is 0 Å². The Morgan fingerprint density at radius 1 is 1.38 bits per heavy atom. The van der Waals surface area contributed by atoms with Gasteiger partial charge in [0.1, 0.15) is 0 Å². The van der Waals surface area contributed by atoms with E-state index in [1.807, 2.05) is 0 Å². The molecule has 0 spiro atoms. The van der Waals surface area contributed by atoms with Gasteiger partial charge in [0, 0.05) is 11.8 Å². The minimum absolute atomic E-state index is 0.0825. The minimum atomic E-state index is -1.04. The number of hydrogen-bond donors (Lipinski definition) is 1. The van der Waals surface area contributed by atoms with Crippen LogP contribution in [0.25, 0.3) is 0 Å². The van der Waals surface area contributed by atoms with E-state index in [1.165, 1.54) is 12.1 Å². The molecule has 2 nitrogen and oxygen atoms in total. The van der Waals surface area contributed by atoms with Crippen LogP contribution in [-0.4, -0.2) is 12.8 Å². The molecule has 1 rings (SSSR count). The molecule has 1 N–H and O–H groups in total. The fourth-order valence-electron chi connectivity index (χ4n) is 0.925. The van der Waals surface area contributed by atoms with Crippen molar-refractivity contribution in [3.05, 3.63) is 29.3 Å². The zero-order valence-corrected chi connectivity index (χ0v) is 7.10. The summed E-state index contributed by atoms with van der Waals surface area (Å²) in [6.45, 7) is 1.96. The Bertz CT molecular complexity index is 326. The Kier molecular flexibility index (Phi) is 2.95. The van der Waals surface area contributed by atoms with Gasteiger partial charge in [-0.25, -0.2) is 4.39 Å². The van der Waals surface area contributed by atoms with Gasteiger partial charge in [0.25, 0.3) is 0 Å². The van der Waals surface area contributed by atoms with Crippen molar-refractivity contribution >= 4 is 6.21 Å². The average Bonchev–Trinajstić information content (AvgIpc) is 2.14. The van der Waals surface area contributed by atoms with Gasteiger partial charge in [-0.05, 0) is 19.1 Å². The second-order valence-electron chi connectivity index (χ2n) is 2.36. The van der Waals surface area contributed by atoms with E-state index in [4.69, 9.17) is 10.1 Å². The predicted molar refractivity (Wildman–Crippen MR) is 45.4 cm³/mol. The van der Waals surface area contributed by atoms with Crippen LogP contribution in [0.4, 0.5) is 8.78 Å². The summed E-state index contributed by atoms with van der Waals surface area (Å²) in [4.78, 5) is 0. The zero-order valence-electron chi connectivity index (χ0n) is 7.10. The van der Waals surface area contributed by atoms with Gasteiger partial charge >= 0.3 is 0 Å². The van der Waals surface area contributed by atoms with E-state index in [9.17, 15) is 8.78 Å². The molecule has 0 aromatic heterocycles. The van der Waals surface area contributed by atoms with E-state index >= 15 is 0 Å². The van der Waals surface area contributed by atoms with E-state index in [0.29, 0.717) is 0 Å². The Hall–Kier alpha value is -1.45. The fraction of sp³-hybridized carbons (Fsp3) is 0.222. The molecule has 0 aliphatic carbocycles. The summed E-state index contributed by atoms with van der Waals surface area (Å²) in [5.41, 5.74) is -0.0825. The summed E-state index contributed by atoms with van der Waals surface area (Å²) in [5.74, 6) is -2.20. The summed E-state index contributed by atoms with van der Waals surface area (Å²) in [6, 6.07) is 2.61. The molecule has 4 heteroatoms. The zero-order chi connectivity index (χ0) is 9.84. The number of ether oxygens (including phenoxy) is 1. The molecule has 0 aliphatic heterocycles. The highest BCUT2D eigenvalue weighted by Gasteiger charge is 2.12. The maximum atomic E-state index is 13.0. The summed E-state index contributed by atoms with van der Waals surface area (Å²) in [7, 11) is 0. The summed E-state index contributed by atoms with van der Waals surface area (Å²) in [5, 5.41) is 6.78. The molecule has 0 aliphatic rings. The number of nitrogens with one attached hydrogen (secondary N) is 1. The summed E-state index contributed by atoms with van der Waals surface area (Å²) < 4.78 is 30.8. The molecule has 1 aromatic rings. The standard InChI is InChI=1S/C9H9F2NO/c1-2-13-7-4-3-6(5-12)8(10)9(7)11/h3-5,12H,2H2,1H3. The smallest absolute Gasteiger partial charge is 0.201 e. The van der Waals surface area contributed by atoms with Gasteiger partial charge in [0.2, 0.25) is 5.82 Å². The predicted octanol–water partition coefficient (Wildman–Crippen LogP) is 2.36. The second-order valence-corrected chi connectivity index (χ2v) is 2.36. The summed E-state index contributed by atoms with van der Waals surface area (Å²) in [6.07, 6.45) is 0.758. The van der Waals surface area contributed by atoms with Crippen molar-refractivity contribution in [3.8, 4) is 5.75 Å². The molecule has 0 atom stereocenters. The molecule has 0 radical (unpaired) electrons. The van der Waals surface area contributed by atoms with Crippen LogP contribution < -0.4 is 4.74 Å². The highest BCUT2D eigenvalue weighted by Crippen LogP contribution is 2.21. The van der Waals surface area contributed by atoms with E-state index in [2.05, 4.69) is 0 Å². The van der Waals surface area contributed by atoms with Crippen LogP contribution in [0, 0.1) is 17.0 Å². The average molecular weight is 185 g/mol. The minimum Gasteiger partial charge on any atom is -0.491 e. The van der Waals surface area contributed by atoms with Crippen molar-refractivity contribution in [2.75, 3.05) is 6.61 Å². The molecule has 0 unspecified atom stereocenters. The molecule has 0 fully saturated rings. The third kappa shape index (κ3) is 1.83. The molecular formula is C9H9F2NO. The first-order valence-corrected chi connectivity index (χ1v) is 3.82. The van der Waals surface area contributed by atoms with Crippen LogP contribution in [0.15, 0.2) is 12.1 Å². The molecular weight excluding hydrogens is 176 g/mol. The van der Waals surface area contributed by atoms with Gasteiger partial charge < -0.3 is 10.1 Å². The van der Waals surface area contributed by atoms with Crippen LogP contribution in [-0.2, 0) is 0 Å². The molecule has 0 saturated heterocycles. The van der Waals surface area contributed by atoms with Gasteiger partial charge in [0.15, 0.2) is 11.6 Å².